The van der Waals surface area contributed by atoms with Gasteiger partial charge in [0.25, 0.3) is 0 Å². The van der Waals surface area contributed by atoms with Crippen LogP contribution in [0.2, 0.25) is 0 Å². The van der Waals surface area contributed by atoms with Crippen LogP contribution in [0.3, 0.4) is 0 Å². The molecule has 0 amide bonds. The monoisotopic (exact) mass is 410 g/mol. The lowest BCUT2D eigenvalue weighted by atomic mass is 10.1. The first kappa shape index (κ1) is 20.6. The third kappa shape index (κ3) is 3.73. The molecule has 160 valence electrons. The molecule has 1 aliphatic rings. The van der Waals surface area contributed by atoms with Crippen molar-refractivity contribution >= 4 is 17.0 Å². The van der Waals surface area contributed by atoms with Crippen LogP contribution >= 0.6 is 0 Å². The zero-order valence-electron chi connectivity index (χ0n) is 18.2. The number of likely N-dealkylation sites (N-methyl/N-ethyl adjacent to an activating group) is 1. The lowest BCUT2D eigenvalue weighted by Gasteiger charge is -2.23. The van der Waals surface area contributed by atoms with E-state index in [1.54, 1.807) is 17.0 Å². The van der Waals surface area contributed by atoms with Crippen molar-refractivity contribution in [2.24, 2.45) is 7.05 Å². The highest BCUT2D eigenvalue weighted by atomic mass is 16.5. The Kier molecular flexibility index (Phi) is 5.87. The maximum absolute atomic E-state index is 6.16. The second-order valence-corrected chi connectivity index (χ2v) is 7.82. The van der Waals surface area contributed by atoms with E-state index < -0.39 is 0 Å². The minimum Gasteiger partial charge on any atom is -0.473 e. The minimum absolute atomic E-state index is 0.00362. The van der Waals surface area contributed by atoms with Crippen molar-refractivity contribution in [2.45, 2.75) is 45.4 Å². The number of ether oxygens (including phenoxy) is 2. The summed E-state index contributed by atoms with van der Waals surface area (Å²) in [4.78, 5) is 4.90. The fraction of sp³-hybridized carbons (Fsp3) is 0.500. The molecule has 0 bridgehead atoms. The molecule has 1 N–H and O–H groups in total. The van der Waals surface area contributed by atoms with Gasteiger partial charge < -0.3 is 14.8 Å². The fourth-order valence-corrected chi connectivity index (χ4v) is 4.05. The second-order valence-electron chi connectivity index (χ2n) is 7.82. The maximum atomic E-state index is 6.16. The number of aryl methyl sites for hydroxylation is 2. The van der Waals surface area contributed by atoms with Gasteiger partial charge in [-0.05, 0) is 52.3 Å². The van der Waals surface area contributed by atoms with Gasteiger partial charge >= 0.3 is 0 Å². The van der Waals surface area contributed by atoms with Crippen molar-refractivity contribution in [3.05, 3.63) is 30.2 Å². The van der Waals surface area contributed by atoms with Crippen molar-refractivity contribution < 1.29 is 9.47 Å². The minimum atomic E-state index is -0.0546. The molecule has 1 aliphatic heterocycles. The second kappa shape index (κ2) is 8.57. The molecule has 4 rings (SSSR count). The third-order valence-corrected chi connectivity index (χ3v) is 5.47. The number of hydrogen-bond acceptors (Lipinski definition) is 6. The highest BCUT2D eigenvalue weighted by Crippen LogP contribution is 2.35. The lowest BCUT2D eigenvalue weighted by Crippen LogP contribution is -2.27. The average molecular weight is 411 g/mol. The molecule has 1 saturated heterocycles. The zero-order valence-corrected chi connectivity index (χ0v) is 18.2. The van der Waals surface area contributed by atoms with E-state index in [2.05, 4.69) is 23.1 Å². The molecule has 1 unspecified atom stereocenters. The van der Waals surface area contributed by atoms with Crippen LogP contribution < -0.4 is 10.1 Å². The van der Waals surface area contributed by atoms with Crippen molar-refractivity contribution in [3.63, 3.8) is 0 Å². The van der Waals surface area contributed by atoms with E-state index in [0.29, 0.717) is 5.88 Å². The topological polar surface area (TPSA) is 79.0 Å². The number of nitrogens with one attached hydrogen (secondary N) is 1. The Bertz CT molecular complexity index is 1050. The van der Waals surface area contributed by atoms with Gasteiger partial charge in [0.15, 0.2) is 6.23 Å². The van der Waals surface area contributed by atoms with E-state index in [-0.39, 0.29) is 12.3 Å². The molecule has 0 aromatic carbocycles. The van der Waals surface area contributed by atoms with Crippen LogP contribution in [0.5, 0.6) is 5.88 Å². The first-order valence-electron chi connectivity index (χ1n) is 10.5. The summed E-state index contributed by atoms with van der Waals surface area (Å²) in [6.45, 7) is 9.52. The molecule has 0 aliphatic carbocycles. The van der Waals surface area contributed by atoms with Crippen LogP contribution in [0.15, 0.2) is 18.8 Å². The molecule has 1 fully saturated rings. The number of pyridine rings is 1. The first-order valence-corrected chi connectivity index (χ1v) is 10.5. The molecule has 3 aromatic rings. The van der Waals surface area contributed by atoms with Gasteiger partial charge in [0.1, 0.15) is 6.10 Å². The highest BCUT2D eigenvalue weighted by molar-refractivity contribution is 5.91. The van der Waals surface area contributed by atoms with Crippen molar-refractivity contribution in [3.8, 4) is 17.1 Å². The average Bonchev–Trinajstić information content (AvgIpc) is 3.30. The van der Waals surface area contributed by atoms with Gasteiger partial charge in [-0.15, -0.1) is 0 Å². The van der Waals surface area contributed by atoms with Gasteiger partial charge in [-0.25, -0.2) is 9.36 Å². The quantitative estimate of drug-likeness (QED) is 0.643. The SMILES string of the molecule is C=Cc1nn(C2CCCCO2)c2c(C)nc(-c3cnn(C)c3O[C@@H](C)CNC)cc12. The predicted molar refractivity (Wildman–Crippen MR) is 117 cm³/mol. The Morgan fingerprint density at radius 3 is 2.97 bits per heavy atom. The Morgan fingerprint density at radius 1 is 1.43 bits per heavy atom. The van der Waals surface area contributed by atoms with Crippen LogP contribution in [-0.2, 0) is 11.8 Å². The predicted octanol–water partition coefficient (Wildman–Crippen LogP) is 3.47. The molecule has 4 heterocycles. The van der Waals surface area contributed by atoms with Gasteiger partial charge in [-0.1, -0.05) is 6.58 Å². The van der Waals surface area contributed by atoms with Crippen LogP contribution in [0.25, 0.3) is 28.2 Å². The van der Waals surface area contributed by atoms with Crippen LogP contribution in [0.1, 0.15) is 43.8 Å². The molecular weight excluding hydrogens is 380 g/mol. The lowest BCUT2D eigenvalue weighted by molar-refractivity contribution is -0.0368. The summed E-state index contributed by atoms with van der Waals surface area (Å²) in [6, 6.07) is 2.05. The van der Waals surface area contributed by atoms with Crippen LogP contribution in [0, 0.1) is 6.92 Å². The Hall–Kier alpha value is -2.71. The van der Waals surface area contributed by atoms with Gasteiger partial charge in [0, 0.05) is 25.6 Å². The molecule has 8 nitrogen and oxygen atoms in total. The molecule has 0 radical (unpaired) electrons. The maximum Gasteiger partial charge on any atom is 0.221 e. The largest absolute Gasteiger partial charge is 0.473 e. The molecule has 8 heteroatoms. The van der Waals surface area contributed by atoms with Crippen LogP contribution in [0.4, 0.5) is 0 Å². The molecular formula is C22H30N6O2. The number of aromatic nitrogens is 5. The van der Waals surface area contributed by atoms with E-state index >= 15 is 0 Å². The summed E-state index contributed by atoms with van der Waals surface area (Å²) in [5, 5.41) is 13.4. The van der Waals surface area contributed by atoms with E-state index in [0.717, 1.165) is 66.0 Å². The highest BCUT2D eigenvalue weighted by Gasteiger charge is 2.24. The van der Waals surface area contributed by atoms with Crippen molar-refractivity contribution in [2.75, 3.05) is 20.2 Å². The fourth-order valence-electron chi connectivity index (χ4n) is 4.05. The van der Waals surface area contributed by atoms with Gasteiger partial charge in [-0.2, -0.15) is 10.2 Å². The van der Waals surface area contributed by atoms with Crippen molar-refractivity contribution in [1.29, 1.82) is 0 Å². The summed E-state index contributed by atoms with van der Waals surface area (Å²) in [6.07, 6.45) is 6.74. The number of fused-ring (bicyclic) bond motifs is 1. The van der Waals surface area contributed by atoms with E-state index in [1.165, 1.54) is 0 Å². The smallest absolute Gasteiger partial charge is 0.221 e. The first-order chi connectivity index (χ1) is 14.5. The summed E-state index contributed by atoms with van der Waals surface area (Å²) >= 11 is 0. The van der Waals surface area contributed by atoms with Gasteiger partial charge in [0.05, 0.1) is 34.4 Å². The Labute approximate surface area is 176 Å². The van der Waals surface area contributed by atoms with Crippen LogP contribution in [-0.4, -0.2) is 50.8 Å². The Balaban J connectivity index is 1.80. The normalized spacial score (nSPS) is 17.9. The zero-order chi connectivity index (χ0) is 21.3. The number of nitrogens with zero attached hydrogens (tertiary/aromatic N) is 5. The molecule has 0 saturated carbocycles. The Morgan fingerprint density at radius 2 is 2.27 bits per heavy atom. The summed E-state index contributed by atoms with van der Waals surface area (Å²) in [5.74, 6) is 0.701. The summed E-state index contributed by atoms with van der Waals surface area (Å²) < 4.78 is 15.9. The number of hydrogen-bond donors (Lipinski definition) is 1. The summed E-state index contributed by atoms with van der Waals surface area (Å²) in [7, 11) is 3.79. The van der Waals surface area contributed by atoms with E-state index in [1.807, 2.05) is 32.6 Å². The molecule has 0 spiro atoms. The molecule has 30 heavy (non-hydrogen) atoms. The van der Waals surface area contributed by atoms with E-state index in [4.69, 9.17) is 19.6 Å². The standard InChI is InChI=1S/C22H30N6O2/c1-6-18-16-11-19(17-13-24-27(5)22(17)30-14(2)12-23-4)25-15(3)21(16)28(26-18)20-9-7-8-10-29-20/h6,11,13-14,20,23H,1,7-10,12H2,2-5H3/t14-,20?/m0/s1. The molecule has 3 aromatic heterocycles. The van der Waals surface area contributed by atoms with Crippen molar-refractivity contribution in [1.82, 2.24) is 29.9 Å². The van der Waals surface area contributed by atoms with Gasteiger partial charge in [-0.3, -0.25) is 4.98 Å². The van der Waals surface area contributed by atoms with E-state index in [9.17, 15) is 0 Å². The van der Waals surface area contributed by atoms with Gasteiger partial charge in [0.2, 0.25) is 5.88 Å². The number of rotatable bonds is 7. The third-order valence-electron chi connectivity index (χ3n) is 5.47. The molecule has 2 atom stereocenters. The summed E-state index contributed by atoms with van der Waals surface area (Å²) in [5.41, 5.74) is 4.40.